The van der Waals surface area contributed by atoms with E-state index in [0.29, 0.717) is 17.7 Å². The first kappa shape index (κ1) is 18.3. The number of hydrogen-bond acceptors (Lipinski definition) is 6. The molecule has 0 aromatic heterocycles. The highest BCUT2D eigenvalue weighted by atomic mass is 16.5. The second-order valence-corrected chi connectivity index (χ2v) is 5.47. The molecule has 25 heavy (non-hydrogen) atoms. The minimum Gasteiger partial charge on any atom is -0.453 e. The van der Waals surface area contributed by atoms with E-state index < -0.39 is 12.6 Å². The number of carbonyl (C=O) groups excluding carboxylic acids is 4. The highest BCUT2D eigenvalue weighted by Gasteiger charge is 2.20. The quantitative estimate of drug-likeness (QED) is 0.573. The SMILES string of the molecule is CCCC(=O)Nc1ccc(C(=O)COC(=O)C2=NNC(=O)CC2)cc1. The van der Waals surface area contributed by atoms with Gasteiger partial charge in [0, 0.05) is 30.5 Å². The summed E-state index contributed by atoms with van der Waals surface area (Å²) in [5, 5.41) is 6.33. The molecule has 0 saturated heterocycles. The summed E-state index contributed by atoms with van der Waals surface area (Å²) < 4.78 is 4.92. The molecule has 2 N–H and O–H groups in total. The Morgan fingerprint density at radius 2 is 1.92 bits per heavy atom. The molecule has 8 heteroatoms. The number of carbonyl (C=O) groups is 4. The Kier molecular flexibility index (Phi) is 6.39. The van der Waals surface area contributed by atoms with Crippen LogP contribution in [-0.4, -0.2) is 35.9 Å². The predicted octanol–water partition coefficient (Wildman–Crippen LogP) is 1.42. The molecule has 0 bridgehead atoms. The van der Waals surface area contributed by atoms with Crippen molar-refractivity contribution in [3.05, 3.63) is 29.8 Å². The van der Waals surface area contributed by atoms with Gasteiger partial charge in [-0.25, -0.2) is 10.2 Å². The number of esters is 1. The van der Waals surface area contributed by atoms with E-state index >= 15 is 0 Å². The summed E-state index contributed by atoms with van der Waals surface area (Å²) in [5.74, 6) is -1.45. The number of nitrogens with one attached hydrogen (secondary N) is 2. The lowest BCUT2D eigenvalue weighted by molar-refractivity contribution is -0.134. The molecule has 0 radical (unpaired) electrons. The van der Waals surface area contributed by atoms with Gasteiger partial charge in [-0.2, -0.15) is 5.10 Å². The topological polar surface area (TPSA) is 114 Å². The Hall–Kier alpha value is -3.03. The molecule has 8 nitrogen and oxygen atoms in total. The zero-order valence-corrected chi connectivity index (χ0v) is 13.8. The molecule has 1 aliphatic rings. The van der Waals surface area contributed by atoms with Crippen LogP contribution in [0.2, 0.25) is 0 Å². The number of ether oxygens (including phenoxy) is 1. The van der Waals surface area contributed by atoms with Gasteiger partial charge in [0.1, 0.15) is 5.71 Å². The number of anilines is 1. The summed E-state index contributed by atoms with van der Waals surface area (Å²) in [6, 6.07) is 6.33. The summed E-state index contributed by atoms with van der Waals surface area (Å²) in [5.41, 5.74) is 3.23. The van der Waals surface area contributed by atoms with Crippen LogP contribution >= 0.6 is 0 Å². The fourth-order valence-electron chi connectivity index (χ4n) is 2.11. The van der Waals surface area contributed by atoms with Crippen LogP contribution in [0.3, 0.4) is 0 Å². The Balaban J connectivity index is 1.85. The Labute approximate surface area is 144 Å². The van der Waals surface area contributed by atoms with Gasteiger partial charge >= 0.3 is 5.97 Å². The minimum absolute atomic E-state index is 0.0846. The first-order chi connectivity index (χ1) is 12.0. The lowest BCUT2D eigenvalue weighted by Crippen LogP contribution is -2.31. The van der Waals surface area contributed by atoms with Gasteiger partial charge < -0.3 is 10.1 Å². The second-order valence-electron chi connectivity index (χ2n) is 5.47. The van der Waals surface area contributed by atoms with Crippen LogP contribution in [-0.2, 0) is 19.1 Å². The van der Waals surface area contributed by atoms with Gasteiger partial charge in [-0.15, -0.1) is 0 Å². The summed E-state index contributed by atoms with van der Waals surface area (Å²) in [7, 11) is 0. The molecule has 0 atom stereocenters. The third-order valence-corrected chi connectivity index (χ3v) is 3.44. The van der Waals surface area contributed by atoms with E-state index in [1.807, 2.05) is 6.92 Å². The molecule has 0 spiro atoms. The van der Waals surface area contributed by atoms with Crippen molar-refractivity contribution in [2.24, 2.45) is 5.10 Å². The van der Waals surface area contributed by atoms with Crippen LogP contribution in [0.1, 0.15) is 43.0 Å². The molecule has 0 fully saturated rings. The zero-order valence-electron chi connectivity index (χ0n) is 13.8. The van der Waals surface area contributed by atoms with Gasteiger partial charge in [-0.05, 0) is 30.7 Å². The summed E-state index contributed by atoms with van der Waals surface area (Å²) in [6.45, 7) is 1.49. The van der Waals surface area contributed by atoms with Crippen molar-refractivity contribution in [2.75, 3.05) is 11.9 Å². The number of hydrogen-bond donors (Lipinski definition) is 2. The van der Waals surface area contributed by atoms with E-state index in [1.54, 1.807) is 24.3 Å². The normalized spacial score (nSPS) is 13.5. The molecular formula is C17H19N3O5. The van der Waals surface area contributed by atoms with Crippen molar-refractivity contribution in [3.63, 3.8) is 0 Å². The first-order valence-electron chi connectivity index (χ1n) is 7.95. The molecule has 1 aromatic carbocycles. The van der Waals surface area contributed by atoms with Crippen molar-refractivity contribution in [1.29, 1.82) is 0 Å². The number of rotatable bonds is 7. The molecule has 0 unspecified atom stereocenters. The molecule has 2 amide bonds. The molecule has 1 aromatic rings. The number of hydrazone groups is 1. The molecule has 1 heterocycles. The van der Waals surface area contributed by atoms with E-state index in [-0.39, 0.29) is 36.2 Å². The fourth-order valence-corrected chi connectivity index (χ4v) is 2.11. The van der Waals surface area contributed by atoms with Gasteiger partial charge in [-0.1, -0.05) is 6.92 Å². The Bertz CT molecular complexity index is 709. The molecule has 2 rings (SSSR count). The van der Waals surface area contributed by atoms with E-state index in [4.69, 9.17) is 4.74 Å². The van der Waals surface area contributed by atoms with Crippen LogP contribution < -0.4 is 10.7 Å². The Morgan fingerprint density at radius 3 is 2.52 bits per heavy atom. The average Bonchev–Trinajstić information content (AvgIpc) is 2.61. The lowest BCUT2D eigenvalue weighted by Gasteiger charge is -2.11. The van der Waals surface area contributed by atoms with Crippen molar-refractivity contribution < 1.29 is 23.9 Å². The second kappa shape index (κ2) is 8.72. The number of benzene rings is 1. The highest BCUT2D eigenvalue weighted by Crippen LogP contribution is 2.11. The molecule has 1 aliphatic heterocycles. The predicted molar refractivity (Wildman–Crippen MR) is 90.1 cm³/mol. The maximum Gasteiger partial charge on any atom is 0.354 e. The number of ketones is 1. The number of Topliss-reactive ketones (excluding diaryl/α,β-unsaturated/α-hetero) is 1. The zero-order chi connectivity index (χ0) is 18.2. The van der Waals surface area contributed by atoms with Crippen LogP contribution in [0.25, 0.3) is 0 Å². The lowest BCUT2D eigenvalue weighted by atomic mass is 10.1. The molecule has 0 aliphatic carbocycles. The number of amides is 2. The minimum atomic E-state index is -0.725. The fraction of sp³-hybridized carbons (Fsp3) is 0.353. The Morgan fingerprint density at radius 1 is 1.20 bits per heavy atom. The van der Waals surface area contributed by atoms with Gasteiger partial charge in [0.2, 0.25) is 11.8 Å². The van der Waals surface area contributed by atoms with Crippen LogP contribution in [0.15, 0.2) is 29.4 Å². The standard InChI is InChI=1S/C17H19N3O5/c1-2-3-15(22)18-12-6-4-11(5-7-12)14(21)10-25-17(24)13-8-9-16(23)20-19-13/h4-7H,2-3,8-10H2,1H3,(H,18,22)(H,20,23). The van der Waals surface area contributed by atoms with Gasteiger partial charge in [0.25, 0.3) is 0 Å². The highest BCUT2D eigenvalue weighted by molar-refractivity contribution is 6.37. The molecule has 132 valence electrons. The van der Waals surface area contributed by atoms with Crippen LogP contribution in [0.4, 0.5) is 5.69 Å². The van der Waals surface area contributed by atoms with E-state index in [1.165, 1.54) is 0 Å². The van der Waals surface area contributed by atoms with E-state index in [2.05, 4.69) is 15.8 Å². The van der Waals surface area contributed by atoms with Gasteiger partial charge in [0.15, 0.2) is 12.4 Å². The maximum atomic E-state index is 12.0. The number of nitrogens with zero attached hydrogens (tertiary/aromatic N) is 1. The van der Waals surface area contributed by atoms with Crippen molar-refractivity contribution in [2.45, 2.75) is 32.6 Å². The van der Waals surface area contributed by atoms with Crippen molar-refractivity contribution in [1.82, 2.24) is 5.43 Å². The van der Waals surface area contributed by atoms with E-state index in [9.17, 15) is 19.2 Å². The average molecular weight is 345 g/mol. The third-order valence-electron chi connectivity index (χ3n) is 3.44. The third kappa shape index (κ3) is 5.52. The summed E-state index contributed by atoms with van der Waals surface area (Å²) in [4.78, 5) is 46.3. The first-order valence-corrected chi connectivity index (χ1v) is 7.95. The monoisotopic (exact) mass is 345 g/mol. The largest absolute Gasteiger partial charge is 0.453 e. The summed E-state index contributed by atoms with van der Waals surface area (Å²) in [6.07, 6.45) is 1.53. The van der Waals surface area contributed by atoms with Crippen molar-refractivity contribution in [3.8, 4) is 0 Å². The molecule has 0 saturated carbocycles. The van der Waals surface area contributed by atoms with Crippen LogP contribution in [0, 0.1) is 0 Å². The smallest absolute Gasteiger partial charge is 0.354 e. The molecular weight excluding hydrogens is 326 g/mol. The van der Waals surface area contributed by atoms with Crippen molar-refractivity contribution >= 4 is 35.0 Å². The van der Waals surface area contributed by atoms with E-state index in [0.717, 1.165) is 6.42 Å². The van der Waals surface area contributed by atoms with Gasteiger partial charge in [0.05, 0.1) is 0 Å². The summed E-state index contributed by atoms with van der Waals surface area (Å²) >= 11 is 0. The van der Waals surface area contributed by atoms with Gasteiger partial charge in [-0.3, -0.25) is 14.4 Å². The maximum absolute atomic E-state index is 12.0. The van der Waals surface area contributed by atoms with Crippen LogP contribution in [0.5, 0.6) is 0 Å².